The Balaban J connectivity index is 1.63. The number of amides is 1. The number of halogens is 5. The molecule has 0 radical (unpaired) electrons. The summed E-state index contributed by atoms with van der Waals surface area (Å²) >= 11 is 0.493. The van der Waals surface area contributed by atoms with Gasteiger partial charge in [0.1, 0.15) is 5.75 Å². The molecular weight excluding hydrogens is 503 g/mol. The van der Waals surface area contributed by atoms with E-state index in [2.05, 4.69) is 4.98 Å². The number of hydrogen-bond acceptors (Lipinski definition) is 6. The molecule has 186 valence electrons. The molecule has 0 N–H and O–H groups in total. The van der Waals surface area contributed by atoms with Crippen molar-refractivity contribution in [2.75, 3.05) is 19.3 Å². The lowest BCUT2D eigenvalue weighted by atomic mass is 10.0. The SMILES string of the molecule is CC(Oc1ccc(S(C)(=O)=O)cc1C(=O)N1CC2CC2(c2csc(C(F)(F)F)n2)C1)C(C)(F)F. The number of carbonyl (C=O) groups excluding carboxylic acids is 1. The minimum atomic E-state index is -4.56. The van der Waals surface area contributed by atoms with Crippen molar-refractivity contribution in [3.8, 4) is 5.75 Å². The molecule has 1 saturated carbocycles. The summed E-state index contributed by atoms with van der Waals surface area (Å²) in [4.78, 5) is 18.3. The predicted molar refractivity (Wildman–Crippen MR) is 113 cm³/mol. The van der Waals surface area contributed by atoms with E-state index in [0.717, 1.165) is 25.3 Å². The van der Waals surface area contributed by atoms with E-state index >= 15 is 0 Å². The summed E-state index contributed by atoms with van der Waals surface area (Å²) < 4.78 is 95.7. The molecule has 3 unspecified atom stereocenters. The average molecular weight is 525 g/mol. The van der Waals surface area contributed by atoms with Gasteiger partial charge in [0.15, 0.2) is 20.9 Å². The van der Waals surface area contributed by atoms with Crippen molar-refractivity contribution in [2.45, 2.75) is 48.8 Å². The van der Waals surface area contributed by atoms with Crippen LogP contribution in [0.5, 0.6) is 5.75 Å². The lowest BCUT2D eigenvalue weighted by Gasteiger charge is -2.25. The van der Waals surface area contributed by atoms with E-state index in [-0.39, 0.29) is 40.9 Å². The second-order valence-electron chi connectivity index (χ2n) is 8.93. The summed E-state index contributed by atoms with van der Waals surface area (Å²) in [5.41, 5.74) is -0.634. The number of fused-ring (bicyclic) bond motifs is 1. The summed E-state index contributed by atoms with van der Waals surface area (Å²) in [6.07, 6.45) is -4.64. The number of benzene rings is 1. The van der Waals surface area contributed by atoms with Gasteiger partial charge >= 0.3 is 6.18 Å². The number of aromatic nitrogens is 1. The molecule has 1 aliphatic heterocycles. The Kier molecular flexibility index (Phi) is 5.75. The number of carbonyl (C=O) groups is 1. The van der Waals surface area contributed by atoms with Crippen LogP contribution in [0.4, 0.5) is 22.0 Å². The number of rotatable bonds is 6. The molecular formula is C21H21F5N2O4S2. The Morgan fingerprint density at radius 2 is 1.97 bits per heavy atom. The zero-order valence-electron chi connectivity index (χ0n) is 18.3. The number of alkyl halides is 5. The van der Waals surface area contributed by atoms with Crippen LogP contribution in [0.2, 0.25) is 0 Å². The van der Waals surface area contributed by atoms with Crippen LogP contribution in [-0.4, -0.2) is 55.6 Å². The normalized spacial score (nSPS) is 23.5. The highest BCUT2D eigenvalue weighted by Gasteiger charge is 2.63. The fourth-order valence-corrected chi connectivity index (χ4v) is 5.58. The molecule has 1 amide bonds. The highest BCUT2D eigenvalue weighted by atomic mass is 32.2. The third-order valence-electron chi connectivity index (χ3n) is 6.32. The lowest BCUT2D eigenvalue weighted by molar-refractivity contribution is -0.137. The van der Waals surface area contributed by atoms with Gasteiger partial charge in [-0.2, -0.15) is 13.2 Å². The van der Waals surface area contributed by atoms with Crippen molar-refractivity contribution < 1.29 is 39.9 Å². The maximum atomic E-state index is 13.7. The van der Waals surface area contributed by atoms with Crippen LogP contribution in [0.15, 0.2) is 28.5 Å². The third-order valence-corrected chi connectivity index (χ3v) is 8.31. The molecule has 2 aliphatic rings. The Morgan fingerprint density at radius 3 is 2.53 bits per heavy atom. The Bertz CT molecular complexity index is 1240. The Labute approximate surface area is 196 Å². The zero-order valence-corrected chi connectivity index (χ0v) is 20.0. The zero-order chi connectivity index (χ0) is 25.3. The van der Waals surface area contributed by atoms with Crippen LogP contribution in [0.25, 0.3) is 0 Å². The summed E-state index contributed by atoms with van der Waals surface area (Å²) in [5, 5.41) is 0.388. The van der Waals surface area contributed by atoms with Crippen LogP contribution < -0.4 is 4.74 Å². The second-order valence-corrected chi connectivity index (χ2v) is 11.8. The van der Waals surface area contributed by atoms with Crippen LogP contribution in [0.3, 0.4) is 0 Å². The van der Waals surface area contributed by atoms with Crippen LogP contribution in [0, 0.1) is 5.92 Å². The third kappa shape index (κ3) is 4.51. The monoisotopic (exact) mass is 524 g/mol. The maximum absolute atomic E-state index is 13.7. The summed E-state index contributed by atoms with van der Waals surface area (Å²) in [6, 6.07) is 3.40. The number of thiazole rings is 1. The largest absolute Gasteiger partial charge is 0.484 e. The number of likely N-dealkylation sites (tertiary alicyclic amines) is 1. The maximum Gasteiger partial charge on any atom is 0.443 e. The molecule has 4 rings (SSSR count). The number of ether oxygens (including phenoxy) is 1. The van der Waals surface area contributed by atoms with E-state index in [1.807, 2.05) is 0 Å². The molecule has 2 aromatic rings. The molecule has 1 aliphatic carbocycles. The highest BCUT2D eigenvalue weighted by Crippen LogP contribution is 2.59. The fourth-order valence-electron chi connectivity index (χ4n) is 4.14. The van der Waals surface area contributed by atoms with E-state index in [9.17, 15) is 35.2 Å². The van der Waals surface area contributed by atoms with Crippen LogP contribution in [-0.2, 0) is 21.4 Å². The molecule has 2 heterocycles. The number of sulfone groups is 1. The van der Waals surface area contributed by atoms with Gasteiger partial charge in [0.25, 0.3) is 11.8 Å². The lowest BCUT2D eigenvalue weighted by Crippen LogP contribution is -2.35. The van der Waals surface area contributed by atoms with Gasteiger partial charge in [-0.25, -0.2) is 22.2 Å². The quantitative estimate of drug-likeness (QED) is 0.524. The van der Waals surface area contributed by atoms with E-state index in [1.165, 1.54) is 16.3 Å². The number of hydrogen-bond donors (Lipinski definition) is 0. The van der Waals surface area contributed by atoms with Gasteiger partial charge < -0.3 is 9.64 Å². The molecule has 1 aromatic carbocycles. The summed E-state index contributed by atoms with van der Waals surface area (Å²) in [6.45, 7) is 2.09. The molecule has 13 heteroatoms. The van der Waals surface area contributed by atoms with Gasteiger partial charge in [-0.1, -0.05) is 0 Å². The molecule has 34 heavy (non-hydrogen) atoms. The second kappa shape index (κ2) is 7.87. The molecule has 3 atom stereocenters. The smallest absolute Gasteiger partial charge is 0.443 e. The number of piperidine rings is 1. The summed E-state index contributed by atoms with van der Waals surface area (Å²) in [7, 11) is -3.71. The minimum Gasteiger partial charge on any atom is -0.484 e. The van der Waals surface area contributed by atoms with Gasteiger partial charge in [0.05, 0.1) is 16.2 Å². The van der Waals surface area contributed by atoms with Crippen molar-refractivity contribution in [2.24, 2.45) is 5.92 Å². The minimum absolute atomic E-state index is 0.0829. The van der Waals surface area contributed by atoms with Gasteiger partial charge in [-0.05, 0) is 37.5 Å². The van der Waals surface area contributed by atoms with Crippen LogP contribution in [0.1, 0.15) is 41.3 Å². The van der Waals surface area contributed by atoms with Crippen molar-refractivity contribution in [3.63, 3.8) is 0 Å². The predicted octanol–water partition coefficient (Wildman–Crippen LogP) is 4.40. The Morgan fingerprint density at radius 1 is 1.29 bits per heavy atom. The summed E-state index contributed by atoms with van der Waals surface area (Å²) in [5.74, 6) is -4.17. The van der Waals surface area contributed by atoms with E-state index < -0.39 is 44.4 Å². The molecule has 2 fully saturated rings. The first-order valence-electron chi connectivity index (χ1n) is 10.2. The molecule has 0 spiro atoms. The molecule has 0 bridgehead atoms. The van der Waals surface area contributed by atoms with E-state index in [4.69, 9.17) is 4.74 Å². The first kappa shape index (κ1) is 24.8. The van der Waals surface area contributed by atoms with Crippen molar-refractivity contribution in [1.82, 2.24) is 9.88 Å². The van der Waals surface area contributed by atoms with E-state index in [0.29, 0.717) is 24.7 Å². The molecule has 1 saturated heterocycles. The van der Waals surface area contributed by atoms with Gasteiger partial charge in [-0.15, -0.1) is 11.3 Å². The molecule has 6 nitrogen and oxygen atoms in total. The first-order chi connectivity index (χ1) is 15.5. The Hall–Kier alpha value is -2.28. The first-order valence-corrected chi connectivity index (χ1v) is 13.0. The van der Waals surface area contributed by atoms with Gasteiger partial charge in [-0.3, -0.25) is 4.79 Å². The van der Waals surface area contributed by atoms with Gasteiger partial charge in [0.2, 0.25) is 0 Å². The van der Waals surface area contributed by atoms with Crippen LogP contribution >= 0.6 is 11.3 Å². The molecule has 1 aromatic heterocycles. The van der Waals surface area contributed by atoms with Crippen molar-refractivity contribution >= 4 is 27.1 Å². The number of nitrogens with zero attached hydrogens (tertiary/aromatic N) is 2. The van der Waals surface area contributed by atoms with Gasteiger partial charge in [0, 0.05) is 37.1 Å². The highest BCUT2D eigenvalue weighted by molar-refractivity contribution is 7.90. The topological polar surface area (TPSA) is 76.6 Å². The van der Waals surface area contributed by atoms with Crippen molar-refractivity contribution in [1.29, 1.82) is 0 Å². The standard InChI is InChI=1S/C21H21F5N2O4S2/c1-11(19(2,22)23)32-15-5-4-13(34(3,30)31)6-14(15)17(29)28-8-12-7-20(12,10-28)16-9-33-18(27-16)21(24,25)26/h4-6,9,11-12H,7-8,10H2,1-3H3. The fraction of sp³-hybridized carbons (Fsp3) is 0.524. The van der Waals surface area contributed by atoms with E-state index in [1.54, 1.807) is 0 Å². The van der Waals surface area contributed by atoms with Crippen molar-refractivity contribution in [3.05, 3.63) is 39.8 Å². The average Bonchev–Trinajstić information content (AvgIpc) is 3.07.